The van der Waals surface area contributed by atoms with Crippen molar-refractivity contribution < 1.29 is 4.42 Å². The smallest absolute Gasteiger partial charge is 0.246 e. The van der Waals surface area contributed by atoms with E-state index in [2.05, 4.69) is 16.0 Å². The van der Waals surface area contributed by atoms with Crippen LogP contribution in [0.4, 0.5) is 0 Å². The maximum atomic E-state index is 5.72. The summed E-state index contributed by atoms with van der Waals surface area (Å²) in [6.07, 6.45) is 1.71. The molecule has 3 aromatic heterocycles. The Morgan fingerprint density at radius 1 is 0.739 bits per heavy atom. The van der Waals surface area contributed by atoms with E-state index in [4.69, 9.17) is 9.40 Å². The number of hydrogen-bond donors (Lipinski definition) is 0. The summed E-state index contributed by atoms with van der Waals surface area (Å²) in [4.78, 5) is 13.8. The monoisotopic (exact) mass is 297 g/mol. The minimum absolute atomic E-state index is 0.552. The molecule has 0 fully saturated rings. The molecular formula is C19H11N3O. The molecule has 4 heteroatoms. The highest BCUT2D eigenvalue weighted by Gasteiger charge is 2.11. The van der Waals surface area contributed by atoms with E-state index in [9.17, 15) is 0 Å². The molecule has 0 amide bonds. The van der Waals surface area contributed by atoms with Crippen molar-refractivity contribution >= 4 is 33.1 Å². The second-order valence-corrected chi connectivity index (χ2v) is 5.40. The summed E-state index contributed by atoms with van der Waals surface area (Å²) in [6, 6.07) is 19.9. The molecule has 5 rings (SSSR count). The van der Waals surface area contributed by atoms with Crippen LogP contribution in [-0.2, 0) is 0 Å². The van der Waals surface area contributed by atoms with E-state index in [1.54, 1.807) is 6.20 Å². The highest BCUT2D eigenvalue weighted by molar-refractivity contribution is 6.01. The van der Waals surface area contributed by atoms with Crippen molar-refractivity contribution in [1.82, 2.24) is 15.0 Å². The predicted molar refractivity (Wildman–Crippen MR) is 90.0 cm³/mol. The Labute approximate surface area is 131 Å². The number of nitrogens with zero attached hydrogens (tertiary/aromatic N) is 3. The molecule has 0 saturated carbocycles. The van der Waals surface area contributed by atoms with Crippen LogP contribution >= 0.6 is 0 Å². The van der Waals surface area contributed by atoms with Gasteiger partial charge >= 0.3 is 0 Å². The van der Waals surface area contributed by atoms with Crippen LogP contribution in [0.15, 0.2) is 71.3 Å². The van der Waals surface area contributed by atoms with Gasteiger partial charge in [0.25, 0.3) is 0 Å². The Hall–Kier alpha value is -3.27. The lowest BCUT2D eigenvalue weighted by Crippen LogP contribution is -1.90. The molecule has 23 heavy (non-hydrogen) atoms. The zero-order valence-electron chi connectivity index (χ0n) is 12.1. The standard InChI is InChI=1S/C19H11N3O/c1-3-7-14-12(5-1)9-10-15(21-14)16-11-20-19-18(22-16)13-6-2-4-8-17(13)23-19/h1-11H. The van der Waals surface area contributed by atoms with Crippen molar-refractivity contribution in [3.63, 3.8) is 0 Å². The van der Waals surface area contributed by atoms with Gasteiger partial charge < -0.3 is 4.42 Å². The van der Waals surface area contributed by atoms with E-state index < -0.39 is 0 Å². The molecule has 0 aliphatic heterocycles. The number of furan rings is 1. The zero-order chi connectivity index (χ0) is 15.2. The Morgan fingerprint density at radius 2 is 1.61 bits per heavy atom. The van der Waals surface area contributed by atoms with Gasteiger partial charge in [-0.05, 0) is 24.3 Å². The van der Waals surface area contributed by atoms with E-state index in [0.29, 0.717) is 5.71 Å². The fourth-order valence-electron chi connectivity index (χ4n) is 2.82. The number of pyridine rings is 1. The van der Waals surface area contributed by atoms with E-state index in [1.807, 2.05) is 54.6 Å². The highest BCUT2D eigenvalue weighted by atomic mass is 16.3. The van der Waals surface area contributed by atoms with Crippen molar-refractivity contribution in [2.75, 3.05) is 0 Å². The van der Waals surface area contributed by atoms with E-state index >= 15 is 0 Å². The minimum atomic E-state index is 0.552. The Kier molecular flexibility index (Phi) is 2.46. The summed E-state index contributed by atoms with van der Waals surface area (Å²) < 4.78 is 5.72. The van der Waals surface area contributed by atoms with Crippen LogP contribution in [0.5, 0.6) is 0 Å². The van der Waals surface area contributed by atoms with Gasteiger partial charge in [0.1, 0.15) is 16.8 Å². The highest BCUT2D eigenvalue weighted by Crippen LogP contribution is 2.27. The third kappa shape index (κ3) is 1.89. The van der Waals surface area contributed by atoms with Crippen LogP contribution in [0.1, 0.15) is 0 Å². The van der Waals surface area contributed by atoms with Crippen LogP contribution in [0.2, 0.25) is 0 Å². The second kappa shape index (κ2) is 4.61. The van der Waals surface area contributed by atoms with Gasteiger partial charge in [0.2, 0.25) is 5.71 Å². The van der Waals surface area contributed by atoms with Crippen molar-refractivity contribution in [3.05, 3.63) is 66.9 Å². The lowest BCUT2D eigenvalue weighted by atomic mass is 10.2. The maximum Gasteiger partial charge on any atom is 0.246 e. The first-order valence-electron chi connectivity index (χ1n) is 7.39. The quantitative estimate of drug-likeness (QED) is 0.454. The average Bonchev–Trinajstić information content (AvgIpc) is 2.99. The molecule has 3 heterocycles. The molecule has 0 atom stereocenters. The van der Waals surface area contributed by atoms with Crippen LogP contribution in [0.25, 0.3) is 44.5 Å². The number of fused-ring (bicyclic) bond motifs is 4. The van der Waals surface area contributed by atoms with Gasteiger partial charge in [-0.2, -0.15) is 0 Å². The van der Waals surface area contributed by atoms with E-state index in [0.717, 1.165) is 38.8 Å². The number of benzene rings is 2. The van der Waals surface area contributed by atoms with Gasteiger partial charge in [-0.25, -0.2) is 15.0 Å². The first kappa shape index (κ1) is 12.3. The van der Waals surface area contributed by atoms with Crippen LogP contribution in [0, 0.1) is 0 Å². The normalized spacial score (nSPS) is 11.5. The van der Waals surface area contributed by atoms with Gasteiger partial charge in [-0.15, -0.1) is 0 Å². The predicted octanol–water partition coefficient (Wildman–Crippen LogP) is 4.59. The van der Waals surface area contributed by atoms with Gasteiger partial charge in [0.15, 0.2) is 0 Å². The molecule has 0 bridgehead atoms. The lowest BCUT2D eigenvalue weighted by molar-refractivity contribution is 0.653. The Bertz CT molecular complexity index is 1180. The van der Waals surface area contributed by atoms with Gasteiger partial charge in [-0.1, -0.05) is 36.4 Å². The molecule has 0 aliphatic rings. The lowest BCUT2D eigenvalue weighted by Gasteiger charge is -2.02. The first-order valence-corrected chi connectivity index (χ1v) is 7.39. The van der Waals surface area contributed by atoms with E-state index in [-0.39, 0.29) is 0 Å². The van der Waals surface area contributed by atoms with Crippen molar-refractivity contribution in [1.29, 1.82) is 0 Å². The molecule has 0 spiro atoms. The first-order chi connectivity index (χ1) is 11.4. The summed E-state index contributed by atoms with van der Waals surface area (Å²) >= 11 is 0. The molecule has 0 aliphatic carbocycles. The maximum absolute atomic E-state index is 5.72. The number of aromatic nitrogens is 3. The van der Waals surface area contributed by atoms with Crippen LogP contribution in [-0.4, -0.2) is 15.0 Å². The van der Waals surface area contributed by atoms with Gasteiger partial charge in [0.05, 0.1) is 17.4 Å². The van der Waals surface area contributed by atoms with E-state index in [1.165, 1.54) is 0 Å². The largest absolute Gasteiger partial charge is 0.436 e. The molecule has 4 nitrogen and oxygen atoms in total. The Balaban J connectivity index is 1.76. The van der Waals surface area contributed by atoms with Crippen molar-refractivity contribution in [2.24, 2.45) is 0 Å². The fourth-order valence-corrected chi connectivity index (χ4v) is 2.82. The molecule has 108 valence electrons. The SMILES string of the molecule is c1ccc2nc(-c3cnc4oc5ccccc5c4n3)ccc2c1. The van der Waals surface area contributed by atoms with Gasteiger partial charge in [-0.3, -0.25) is 0 Å². The van der Waals surface area contributed by atoms with Crippen LogP contribution in [0.3, 0.4) is 0 Å². The van der Waals surface area contributed by atoms with Crippen LogP contribution < -0.4 is 0 Å². The van der Waals surface area contributed by atoms with Crippen molar-refractivity contribution in [2.45, 2.75) is 0 Å². The molecule has 5 aromatic rings. The van der Waals surface area contributed by atoms with Crippen molar-refractivity contribution in [3.8, 4) is 11.4 Å². The summed E-state index contributed by atoms with van der Waals surface area (Å²) in [7, 11) is 0. The summed E-state index contributed by atoms with van der Waals surface area (Å²) in [5.41, 5.74) is 4.62. The number of para-hydroxylation sites is 2. The molecule has 0 radical (unpaired) electrons. The minimum Gasteiger partial charge on any atom is -0.436 e. The molecule has 2 aromatic carbocycles. The summed E-state index contributed by atoms with van der Waals surface area (Å²) in [5, 5.41) is 2.08. The summed E-state index contributed by atoms with van der Waals surface area (Å²) in [6.45, 7) is 0. The zero-order valence-corrected chi connectivity index (χ0v) is 12.1. The average molecular weight is 297 g/mol. The third-order valence-corrected chi connectivity index (χ3v) is 3.95. The molecular weight excluding hydrogens is 286 g/mol. The summed E-state index contributed by atoms with van der Waals surface area (Å²) in [5.74, 6) is 0. The topological polar surface area (TPSA) is 51.8 Å². The number of hydrogen-bond acceptors (Lipinski definition) is 4. The number of rotatable bonds is 1. The molecule has 0 saturated heterocycles. The fraction of sp³-hybridized carbons (Fsp3) is 0. The third-order valence-electron chi connectivity index (χ3n) is 3.95. The molecule has 0 unspecified atom stereocenters. The Morgan fingerprint density at radius 3 is 2.61 bits per heavy atom. The van der Waals surface area contributed by atoms with Gasteiger partial charge in [0, 0.05) is 10.8 Å². The molecule has 0 N–H and O–H groups in total. The second-order valence-electron chi connectivity index (χ2n) is 5.40.